The Morgan fingerprint density at radius 1 is 1.25 bits per heavy atom. The maximum absolute atomic E-state index is 11.5. The molecule has 0 aliphatic rings. The highest BCUT2D eigenvalue weighted by molar-refractivity contribution is 5.89. The zero-order valence-corrected chi connectivity index (χ0v) is 12.0. The van der Waals surface area contributed by atoms with Crippen LogP contribution in [-0.4, -0.2) is 19.1 Å². The fourth-order valence-corrected chi connectivity index (χ4v) is 1.40. The first-order chi connectivity index (χ1) is 9.56. The van der Waals surface area contributed by atoms with Crippen molar-refractivity contribution in [2.45, 2.75) is 26.8 Å². The van der Waals surface area contributed by atoms with Gasteiger partial charge in [-0.05, 0) is 31.0 Å². The summed E-state index contributed by atoms with van der Waals surface area (Å²) in [6.45, 7) is 4.37. The molecule has 2 N–H and O–H groups in total. The Kier molecular flexibility index (Phi) is 6.29. The zero-order chi connectivity index (χ0) is 15.0. The molecule has 0 spiro atoms. The van der Waals surface area contributed by atoms with Gasteiger partial charge in [0.1, 0.15) is 0 Å². The molecule has 1 rings (SSSR count). The van der Waals surface area contributed by atoms with Crippen molar-refractivity contribution in [3.63, 3.8) is 0 Å². The second kappa shape index (κ2) is 7.99. The van der Waals surface area contributed by atoms with Crippen LogP contribution in [0.2, 0.25) is 0 Å². The van der Waals surface area contributed by atoms with Gasteiger partial charge in [0.25, 0.3) is 0 Å². The molecule has 108 valence electrons. The SMILES string of the molecule is CC/C(C)=C/NC(=O)NCc1ccc(C(=O)OC)cc1. The largest absolute Gasteiger partial charge is 0.465 e. The van der Waals surface area contributed by atoms with Gasteiger partial charge in [-0.2, -0.15) is 0 Å². The number of methoxy groups -OCH3 is 1. The molecule has 0 saturated carbocycles. The van der Waals surface area contributed by atoms with E-state index in [1.165, 1.54) is 7.11 Å². The third-order valence-electron chi connectivity index (χ3n) is 2.84. The quantitative estimate of drug-likeness (QED) is 0.812. The van der Waals surface area contributed by atoms with Crippen LogP contribution in [0, 0.1) is 0 Å². The fourth-order valence-electron chi connectivity index (χ4n) is 1.40. The summed E-state index contributed by atoms with van der Waals surface area (Å²) in [4.78, 5) is 22.8. The number of hydrogen-bond acceptors (Lipinski definition) is 3. The Labute approximate surface area is 119 Å². The highest BCUT2D eigenvalue weighted by Crippen LogP contribution is 2.05. The van der Waals surface area contributed by atoms with Gasteiger partial charge in [-0.1, -0.05) is 24.6 Å². The first-order valence-electron chi connectivity index (χ1n) is 6.44. The predicted octanol–water partition coefficient (Wildman–Crippen LogP) is 2.59. The molecule has 5 nitrogen and oxygen atoms in total. The number of carbonyl (C=O) groups excluding carboxylic acids is 2. The molecule has 0 aliphatic heterocycles. The summed E-state index contributed by atoms with van der Waals surface area (Å²) in [5.41, 5.74) is 2.49. The van der Waals surface area contributed by atoms with Crippen molar-refractivity contribution < 1.29 is 14.3 Å². The number of carbonyl (C=O) groups is 2. The summed E-state index contributed by atoms with van der Waals surface area (Å²) in [6.07, 6.45) is 2.59. The zero-order valence-electron chi connectivity index (χ0n) is 12.0. The van der Waals surface area contributed by atoms with Gasteiger partial charge in [-0.25, -0.2) is 9.59 Å². The highest BCUT2D eigenvalue weighted by Gasteiger charge is 2.04. The minimum atomic E-state index is -0.373. The van der Waals surface area contributed by atoms with Gasteiger partial charge in [-0.3, -0.25) is 0 Å². The van der Waals surface area contributed by atoms with E-state index in [4.69, 9.17) is 0 Å². The van der Waals surface area contributed by atoms with Crippen molar-refractivity contribution >= 4 is 12.0 Å². The minimum absolute atomic E-state index is 0.255. The topological polar surface area (TPSA) is 67.4 Å². The van der Waals surface area contributed by atoms with E-state index in [2.05, 4.69) is 15.4 Å². The Hall–Kier alpha value is -2.30. The van der Waals surface area contributed by atoms with Crippen LogP contribution < -0.4 is 10.6 Å². The number of ether oxygens (including phenoxy) is 1. The first-order valence-corrected chi connectivity index (χ1v) is 6.44. The molecule has 0 saturated heterocycles. The van der Waals surface area contributed by atoms with Crippen molar-refractivity contribution in [2.24, 2.45) is 0 Å². The van der Waals surface area contributed by atoms with Crippen LogP contribution >= 0.6 is 0 Å². The number of benzene rings is 1. The van der Waals surface area contributed by atoms with Crippen molar-refractivity contribution in [3.05, 3.63) is 47.2 Å². The van der Waals surface area contributed by atoms with Gasteiger partial charge in [0, 0.05) is 12.7 Å². The lowest BCUT2D eigenvalue weighted by Gasteiger charge is -2.06. The molecular formula is C15H20N2O3. The highest BCUT2D eigenvalue weighted by atomic mass is 16.5. The van der Waals surface area contributed by atoms with Gasteiger partial charge in [0.2, 0.25) is 0 Å². The Morgan fingerprint density at radius 2 is 1.90 bits per heavy atom. The summed E-state index contributed by atoms with van der Waals surface area (Å²) in [6, 6.07) is 6.64. The maximum Gasteiger partial charge on any atom is 0.337 e. The molecule has 0 atom stereocenters. The molecule has 0 fully saturated rings. The molecule has 0 unspecified atom stereocenters. The van der Waals surface area contributed by atoms with Crippen LogP contribution in [0.5, 0.6) is 0 Å². The lowest BCUT2D eigenvalue weighted by Crippen LogP contribution is -2.31. The number of hydrogen-bond donors (Lipinski definition) is 2. The average molecular weight is 276 g/mol. The normalized spacial score (nSPS) is 10.8. The Bertz CT molecular complexity index is 492. The van der Waals surface area contributed by atoms with Gasteiger partial charge in [0.15, 0.2) is 0 Å². The van der Waals surface area contributed by atoms with Crippen molar-refractivity contribution in [3.8, 4) is 0 Å². The number of nitrogens with one attached hydrogen (secondary N) is 2. The van der Waals surface area contributed by atoms with E-state index in [0.29, 0.717) is 12.1 Å². The number of urea groups is 1. The van der Waals surface area contributed by atoms with E-state index in [9.17, 15) is 9.59 Å². The molecule has 20 heavy (non-hydrogen) atoms. The van der Waals surface area contributed by atoms with E-state index in [0.717, 1.165) is 17.6 Å². The molecule has 0 aliphatic carbocycles. The fraction of sp³-hybridized carbons (Fsp3) is 0.333. The molecular weight excluding hydrogens is 256 g/mol. The van der Waals surface area contributed by atoms with Crippen LogP contribution in [0.4, 0.5) is 4.79 Å². The molecule has 0 aromatic heterocycles. The lowest BCUT2D eigenvalue weighted by atomic mass is 10.1. The maximum atomic E-state index is 11.5. The second-order valence-corrected chi connectivity index (χ2v) is 4.36. The predicted molar refractivity (Wildman–Crippen MR) is 77.2 cm³/mol. The number of amides is 2. The molecule has 0 radical (unpaired) electrons. The molecule has 5 heteroatoms. The standard InChI is InChI=1S/C15H20N2O3/c1-4-11(2)9-16-15(19)17-10-12-5-7-13(8-6-12)14(18)20-3/h5-9H,4,10H2,1-3H3,(H2,16,17,19)/b11-9+. The Balaban J connectivity index is 2.46. The van der Waals surface area contributed by atoms with Crippen LogP contribution in [0.3, 0.4) is 0 Å². The molecule has 1 aromatic rings. The van der Waals surface area contributed by atoms with E-state index in [-0.39, 0.29) is 12.0 Å². The molecule has 0 heterocycles. The summed E-state index contributed by atoms with van der Waals surface area (Å²) in [5, 5.41) is 5.39. The van der Waals surface area contributed by atoms with Crippen LogP contribution in [0.25, 0.3) is 0 Å². The summed E-state index contributed by atoms with van der Waals surface area (Å²) >= 11 is 0. The third kappa shape index (κ3) is 5.14. The van der Waals surface area contributed by atoms with Crippen molar-refractivity contribution in [2.75, 3.05) is 7.11 Å². The average Bonchev–Trinajstić information content (AvgIpc) is 2.50. The lowest BCUT2D eigenvalue weighted by molar-refractivity contribution is 0.0600. The van der Waals surface area contributed by atoms with E-state index >= 15 is 0 Å². The van der Waals surface area contributed by atoms with Crippen LogP contribution in [0.15, 0.2) is 36.0 Å². The molecule has 1 aromatic carbocycles. The van der Waals surface area contributed by atoms with Gasteiger partial charge in [-0.15, -0.1) is 0 Å². The Morgan fingerprint density at radius 3 is 2.45 bits per heavy atom. The summed E-state index contributed by atoms with van der Waals surface area (Å²) in [7, 11) is 1.34. The minimum Gasteiger partial charge on any atom is -0.465 e. The first kappa shape index (κ1) is 15.8. The van der Waals surface area contributed by atoms with E-state index in [1.54, 1.807) is 30.5 Å². The van der Waals surface area contributed by atoms with Gasteiger partial charge >= 0.3 is 12.0 Å². The third-order valence-corrected chi connectivity index (χ3v) is 2.84. The monoisotopic (exact) mass is 276 g/mol. The molecule has 2 amide bonds. The number of esters is 1. The van der Waals surface area contributed by atoms with Gasteiger partial charge < -0.3 is 15.4 Å². The summed E-state index contributed by atoms with van der Waals surface area (Å²) < 4.78 is 4.61. The summed E-state index contributed by atoms with van der Waals surface area (Å²) in [5.74, 6) is -0.373. The molecule has 0 bridgehead atoms. The van der Waals surface area contributed by atoms with Crippen LogP contribution in [0.1, 0.15) is 36.2 Å². The van der Waals surface area contributed by atoms with E-state index in [1.807, 2.05) is 13.8 Å². The van der Waals surface area contributed by atoms with Gasteiger partial charge in [0.05, 0.1) is 12.7 Å². The number of allylic oxidation sites excluding steroid dienone is 1. The van der Waals surface area contributed by atoms with Crippen molar-refractivity contribution in [1.82, 2.24) is 10.6 Å². The van der Waals surface area contributed by atoms with E-state index < -0.39 is 0 Å². The number of rotatable bonds is 5. The smallest absolute Gasteiger partial charge is 0.337 e. The van der Waals surface area contributed by atoms with Crippen LogP contribution in [-0.2, 0) is 11.3 Å². The second-order valence-electron chi connectivity index (χ2n) is 4.36. The van der Waals surface area contributed by atoms with Crippen molar-refractivity contribution in [1.29, 1.82) is 0 Å².